The van der Waals surface area contributed by atoms with Gasteiger partial charge in [0.1, 0.15) is 0 Å². The van der Waals surface area contributed by atoms with Crippen LogP contribution in [0.15, 0.2) is 17.8 Å². The fraction of sp³-hybridized carbons (Fsp3) is 0.500. The molecule has 0 radical (unpaired) electrons. The summed E-state index contributed by atoms with van der Waals surface area (Å²) in [7, 11) is 0. The van der Waals surface area contributed by atoms with Crippen LogP contribution in [0.2, 0.25) is 0 Å². The Morgan fingerprint density at radius 2 is 2.75 bits per heavy atom. The van der Waals surface area contributed by atoms with Crippen LogP contribution in [0, 0.1) is 5.92 Å². The summed E-state index contributed by atoms with van der Waals surface area (Å²) in [5.74, 6) is 0.549. The minimum atomic E-state index is 0.549. The van der Waals surface area contributed by atoms with Crippen LogP contribution in [-0.4, -0.2) is 12.3 Å². The summed E-state index contributed by atoms with van der Waals surface area (Å²) >= 11 is 0. The molecule has 1 atom stereocenters. The molecule has 0 aromatic carbocycles. The van der Waals surface area contributed by atoms with Crippen LogP contribution in [0.1, 0.15) is 6.92 Å². The summed E-state index contributed by atoms with van der Waals surface area (Å²) in [5.41, 5.74) is 3.96. The van der Waals surface area contributed by atoms with Crippen LogP contribution in [-0.2, 0) is 0 Å². The lowest BCUT2D eigenvalue weighted by atomic mass is 10.1. The highest BCUT2D eigenvalue weighted by Crippen LogP contribution is 2.02. The van der Waals surface area contributed by atoms with Crippen molar-refractivity contribution in [1.82, 2.24) is 5.43 Å². The quantitative estimate of drug-likeness (QED) is 0.529. The molecule has 0 bridgehead atoms. The van der Waals surface area contributed by atoms with Crippen molar-refractivity contribution < 1.29 is 0 Å². The minimum Gasteiger partial charge on any atom is -0.309 e. The minimum absolute atomic E-state index is 0.549. The second kappa shape index (κ2) is 1.99. The molecule has 0 amide bonds. The van der Waals surface area contributed by atoms with Gasteiger partial charge >= 0.3 is 0 Å². The van der Waals surface area contributed by atoms with Crippen molar-refractivity contribution in [3.8, 4) is 0 Å². The fourth-order valence-electron chi connectivity index (χ4n) is 0.735. The molecule has 2 nitrogen and oxygen atoms in total. The maximum absolute atomic E-state index is 3.98. The summed E-state index contributed by atoms with van der Waals surface area (Å²) < 4.78 is 0. The predicted octanol–water partition coefficient (Wildman–Crippen LogP) is 0.768. The van der Waals surface area contributed by atoms with Crippen molar-refractivity contribution >= 4 is 5.71 Å². The molecule has 1 unspecified atom stereocenters. The van der Waals surface area contributed by atoms with E-state index in [-0.39, 0.29) is 0 Å². The van der Waals surface area contributed by atoms with E-state index in [0.717, 1.165) is 12.3 Å². The summed E-state index contributed by atoms with van der Waals surface area (Å²) in [5, 5.41) is 3.98. The van der Waals surface area contributed by atoms with E-state index in [9.17, 15) is 0 Å². The van der Waals surface area contributed by atoms with Crippen LogP contribution in [0.4, 0.5) is 0 Å². The molecular formula is C6H10N2. The molecule has 8 heavy (non-hydrogen) atoms. The van der Waals surface area contributed by atoms with Gasteiger partial charge in [-0.1, -0.05) is 13.5 Å². The maximum atomic E-state index is 3.98. The maximum Gasteiger partial charge on any atom is 0.0643 e. The molecule has 0 fully saturated rings. The molecule has 1 aliphatic heterocycles. The molecule has 0 saturated carbocycles. The van der Waals surface area contributed by atoms with Crippen molar-refractivity contribution in [1.29, 1.82) is 0 Å². The van der Waals surface area contributed by atoms with Crippen LogP contribution in [0.3, 0.4) is 0 Å². The predicted molar refractivity (Wildman–Crippen MR) is 34.8 cm³/mol. The molecule has 1 rings (SSSR count). The van der Waals surface area contributed by atoms with E-state index < -0.39 is 0 Å². The Balaban J connectivity index is 2.62. The lowest BCUT2D eigenvalue weighted by molar-refractivity contribution is 0.708. The van der Waals surface area contributed by atoms with Gasteiger partial charge in [0, 0.05) is 12.5 Å². The number of hydrogen-bond donors (Lipinski definition) is 1. The van der Waals surface area contributed by atoms with Crippen LogP contribution < -0.4 is 5.43 Å². The molecule has 1 N–H and O–H groups in total. The number of hydrazone groups is 1. The van der Waals surface area contributed by atoms with E-state index in [4.69, 9.17) is 0 Å². The van der Waals surface area contributed by atoms with E-state index in [0.29, 0.717) is 5.92 Å². The number of hydrogen-bond acceptors (Lipinski definition) is 2. The fourth-order valence-corrected chi connectivity index (χ4v) is 0.735. The third kappa shape index (κ3) is 0.735. The third-order valence-corrected chi connectivity index (χ3v) is 1.32. The molecule has 0 aromatic rings. The first-order chi connectivity index (χ1) is 3.84. The number of nitrogens with one attached hydrogen (secondary N) is 1. The molecular weight excluding hydrogens is 100 g/mol. The van der Waals surface area contributed by atoms with Gasteiger partial charge in [0.05, 0.1) is 5.71 Å². The Morgan fingerprint density at radius 3 is 3.00 bits per heavy atom. The van der Waals surface area contributed by atoms with Gasteiger partial charge in [-0.25, -0.2) is 0 Å². The second-order valence-corrected chi connectivity index (χ2v) is 2.00. The van der Waals surface area contributed by atoms with Crippen LogP contribution in [0.5, 0.6) is 0 Å². The van der Waals surface area contributed by atoms with Crippen LogP contribution >= 0.6 is 0 Å². The van der Waals surface area contributed by atoms with Crippen molar-refractivity contribution in [3.05, 3.63) is 12.7 Å². The molecule has 1 aliphatic rings. The van der Waals surface area contributed by atoms with Gasteiger partial charge in [0.2, 0.25) is 0 Å². The topological polar surface area (TPSA) is 24.4 Å². The van der Waals surface area contributed by atoms with Gasteiger partial charge in [0.25, 0.3) is 0 Å². The molecule has 0 saturated heterocycles. The molecule has 44 valence electrons. The van der Waals surface area contributed by atoms with Crippen molar-refractivity contribution in [3.63, 3.8) is 0 Å². The Kier molecular flexibility index (Phi) is 1.33. The Labute approximate surface area is 49.3 Å². The molecule has 0 aromatic heterocycles. The zero-order valence-corrected chi connectivity index (χ0v) is 5.02. The average Bonchev–Trinajstić information content (AvgIpc) is 2.14. The van der Waals surface area contributed by atoms with E-state index in [1.165, 1.54) is 0 Å². The Morgan fingerprint density at radius 1 is 2.00 bits per heavy atom. The van der Waals surface area contributed by atoms with E-state index in [1.807, 2.05) is 0 Å². The third-order valence-electron chi connectivity index (χ3n) is 1.32. The molecule has 2 heteroatoms. The number of nitrogens with zero attached hydrogens (tertiary/aromatic N) is 1. The largest absolute Gasteiger partial charge is 0.309 e. The van der Waals surface area contributed by atoms with Gasteiger partial charge in [-0.2, -0.15) is 5.10 Å². The van der Waals surface area contributed by atoms with E-state index >= 15 is 0 Å². The van der Waals surface area contributed by atoms with Crippen LogP contribution in [0.25, 0.3) is 0 Å². The highest BCUT2D eigenvalue weighted by Gasteiger charge is 2.11. The second-order valence-electron chi connectivity index (χ2n) is 2.00. The normalized spacial score (nSPS) is 26.6. The highest BCUT2D eigenvalue weighted by atomic mass is 15.3. The first kappa shape index (κ1) is 5.35. The smallest absolute Gasteiger partial charge is 0.0643 e. The number of rotatable bonds is 1. The van der Waals surface area contributed by atoms with Gasteiger partial charge < -0.3 is 5.43 Å². The Hall–Kier alpha value is -0.790. The van der Waals surface area contributed by atoms with E-state index in [1.54, 1.807) is 6.08 Å². The summed E-state index contributed by atoms with van der Waals surface area (Å²) in [4.78, 5) is 0. The SMILES string of the molecule is C=CC1=NNCC1C. The average molecular weight is 110 g/mol. The van der Waals surface area contributed by atoms with Crippen molar-refractivity contribution in [2.75, 3.05) is 6.54 Å². The Bertz CT molecular complexity index is 126. The molecule has 0 spiro atoms. The lowest BCUT2D eigenvalue weighted by Crippen LogP contribution is -2.09. The monoisotopic (exact) mass is 110 g/mol. The summed E-state index contributed by atoms with van der Waals surface area (Å²) in [6.07, 6.45) is 1.80. The lowest BCUT2D eigenvalue weighted by Gasteiger charge is -1.95. The first-order valence-electron chi connectivity index (χ1n) is 2.77. The van der Waals surface area contributed by atoms with Crippen molar-refractivity contribution in [2.24, 2.45) is 11.0 Å². The standard InChI is InChI=1S/C6H10N2/c1-3-6-5(2)4-7-8-6/h3,5,7H,1,4H2,2H3. The summed E-state index contributed by atoms with van der Waals surface area (Å²) in [6, 6.07) is 0. The zero-order valence-electron chi connectivity index (χ0n) is 5.02. The highest BCUT2D eigenvalue weighted by molar-refractivity contribution is 5.97. The zero-order chi connectivity index (χ0) is 5.98. The molecule has 0 aliphatic carbocycles. The van der Waals surface area contributed by atoms with Gasteiger partial charge in [-0.3, -0.25) is 0 Å². The molecule has 1 heterocycles. The number of allylic oxidation sites excluding steroid dienone is 1. The van der Waals surface area contributed by atoms with Crippen molar-refractivity contribution in [2.45, 2.75) is 6.92 Å². The van der Waals surface area contributed by atoms with Gasteiger partial charge in [-0.15, -0.1) is 0 Å². The van der Waals surface area contributed by atoms with Gasteiger partial charge in [0.15, 0.2) is 0 Å². The van der Waals surface area contributed by atoms with Gasteiger partial charge in [-0.05, 0) is 6.08 Å². The van der Waals surface area contributed by atoms with E-state index in [2.05, 4.69) is 24.0 Å². The first-order valence-corrected chi connectivity index (χ1v) is 2.77. The summed E-state index contributed by atoms with van der Waals surface area (Å²) in [6.45, 7) is 6.71.